The zero-order valence-corrected chi connectivity index (χ0v) is 37.0. The smallest absolute Gasteiger partial charge is 0.306 e. The van der Waals surface area contributed by atoms with Crippen LogP contribution in [0.2, 0.25) is 0 Å². The van der Waals surface area contributed by atoms with E-state index in [1.165, 1.54) is 19.3 Å². The van der Waals surface area contributed by atoms with Crippen molar-refractivity contribution in [2.45, 2.75) is 148 Å². The fourth-order valence-electron chi connectivity index (χ4n) is 5.10. The van der Waals surface area contributed by atoms with Crippen LogP contribution in [0.1, 0.15) is 136 Å². The van der Waals surface area contributed by atoms with E-state index in [1.807, 2.05) is 57.6 Å². The van der Waals surface area contributed by atoms with Crippen molar-refractivity contribution in [2.24, 2.45) is 0 Å². The molecular weight excluding hydrogens is 741 g/mol. The fourth-order valence-corrected chi connectivity index (χ4v) is 5.82. The zero-order valence-electron chi connectivity index (χ0n) is 36.1. The van der Waals surface area contributed by atoms with Gasteiger partial charge in [-0.25, -0.2) is 0 Å². The van der Waals surface area contributed by atoms with Crippen LogP contribution in [0.15, 0.2) is 85.1 Å². The van der Waals surface area contributed by atoms with E-state index in [2.05, 4.69) is 56.4 Å². The monoisotopic (exact) mass is 820 g/mol. The van der Waals surface area contributed by atoms with E-state index < -0.39 is 38.6 Å². The van der Waals surface area contributed by atoms with Crippen molar-refractivity contribution in [1.29, 1.82) is 0 Å². The molecule has 1 N–H and O–H groups in total. The third kappa shape index (κ3) is 41.1. The third-order valence-electron chi connectivity index (χ3n) is 8.48. The molecule has 0 spiro atoms. The van der Waals surface area contributed by atoms with E-state index in [4.69, 9.17) is 18.5 Å². The van der Waals surface area contributed by atoms with Gasteiger partial charge in [0.2, 0.25) is 0 Å². The van der Waals surface area contributed by atoms with Gasteiger partial charge in [0.1, 0.15) is 19.8 Å². The number of nitrogens with zero attached hydrogens (tertiary/aromatic N) is 1. The van der Waals surface area contributed by atoms with Gasteiger partial charge in [-0.3, -0.25) is 14.2 Å². The number of phosphoric acid groups is 1. The molecule has 0 amide bonds. The molecule has 1 unspecified atom stereocenters. The first-order valence-electron chi connectivity index (χ1n) is 21.4. The highest BCUT2D eigenvalue weighted by Crippen LogP contribution is 2.38. The summed E-state index contributed by atoms with van der Waals surface area (Å²) in [6, 6.07) is 0. The van der Waals surface area contributed by atoms with E-state index in [9.17, 15) is 24.2 Å². The molecule has 0 fully saturated rings. The first-order chi connectivity index (χ1) is 27.4. The molecule has 0 aliphatic rings. The molecule has 0 aromatic carbocycles. The number of rotatable bonds is 37. The van der Waals surface area contributed by atoms with Crippen LogP contribution in [0.5, 0.6) is 0 Å². The summed E-state index contributed by atoms with van der Waals surface area (Å²) in [6.45, 7) is 3.88. The number of unbranched alkanes of at least 4 members (excludes halogenated alkanes) is 9. The van der Waals surface area contributed by atoms with Crippen LogP contribution in [-0.4, -0.2) is 81.2 Å². The highest BCUT2D eigenvalue weighted by Gasteiger charge is 2.21. The molecule has 0 aliphatic carbocycles. The summed E-state index contributed by atoms with van der Waals surface area (Å²) in [7, 11) is 1.07. The number of aliphatic hydroxyl groups excluding tert-OH is 1. The van der Waals surface area contributed by atoms with Gasteiger partial charge in [0.05, 0.1) is 33.9 Å². The maximum atomic E-state index is 12.6. The molecule has 326 valence electrons. The van der Waals surface area contributed by atoms with Crippen molar-refractivity contribution in [3.8, 4) is 0 Å². The molecule has 57 heavy (non-hydrogen) atoms. The number of allylic oxidation sites excluding steroid dienone is 12. The Labute approximate surface area is 346 Å². The summed E-state index contributed by atoms with van der Waals surface area (Å²) in [5.41, 5.74) is 0. The van der Waals surface area contributed by atoms with Crippen molar-refractivity contribution in [3.05, 3.63) is 85.1 Å². The molecule has 0 aliphatic heterocycles. The van der Waals surface area contributed by atoms with Gasteiger partial charge in [0.15, 0.2) is 6.10 Å². The van der Waals surface area contributed by atoms with E-state index in [0.717, 1.165) is 57.8 Å². The number of aliphatic hydroxyl groups is 1. The number of phosphoric ester groups is 1. The predicted octanol–water partition coefficient (Wildman–Crippen LogP) is 10.4. The fraction of sp³-hybridized carbons (Fsp3) is 0.652. The molecule has 0 aromatic rings. The lowest BCUT2D eigenvalue weighted by Gasteiger charge is -2.28. The Balaban J connectivity index is 4.59. The number of hydrogen-bond donors (Lipinski definition) is 1. The Morgan fingerprint density at radius 2 is 1.25 bits per heavy atom. The molecule has 0 rings (SSSR count). The molecule has 0 heterocycles. The topological polar surface area (TPSA) is 131 Å². The molecule has 0 bridgehead atoms. The second kappa shape index (κ2) is 37.4. The number of carbonyl (C=O) groups is 2. The highest BCUT2D eigenvalue weighted by atomic mass is 31.2. The maximum absolute atomic E-state index is 12.6. The summed E-state index contributed by atoms with van der Waals surface area (Å²) in [4.78, 5) is 37.5. The number of carbonyl (C=O) groups excluding carboxylic acids is 2. The first-order valence-corrected chi connectivity index (χ1v) is 22.9. The van der Waals surface area contributed by atoms with Gasteiger partial charge in [0, 0.05) is 12.8 Å². The van der Waals surface area contributed by atoms with Gasteiger partial charge < -0.3 is 33.0 Å². The SMILES string of the molecule is CC/C=C\C/C=C\C/C=C\CCCCCCCC(=O)OC[C@H](COP(=O)([O-])OCC[N+](C)(C)C)OC(=O)CCC/C=C\C/C=C\C=C\[C@@H](O)C/C=C\CCCCC. The lowest BCUT2D eigenvalue weighted by molar-refractivity contribution is -0.870. The van der Waals surface area contributed by atoms with Crippen LogP contribution in [0.4, 0.5) is 0 Å². The van der Waals surface area contributed by atoms with Crippen molar-refractivity contribution >= 4 is 19.8 Å². The molecule has 10 nitrogen and oxygen atoms in total. The largest absolute Gasteiger partial charge is 0.756 e. The first kappa shape index (κ1) is 54.2. The summed E-state index contributed by atoms with van der Waals surface area (Å²) >= 11 is 0. The van der Waals surface area contributed by atoms with Crippen molar-refractivity contribution in [2.75, 3.05) is 47.5 Å². The number of esters is 2. The Morgan fingerprint density at radius 3 is 1.93 bits per heavy atom. The average molecular weight is 820 g/mol. The van der Waals surface area contributed by atoms with Gasteiger partial charge in [-0.15, -0.1) is 0 Å². The zero-order chi connectivity index (χ0) is 42.3. The number of hydrogen-bond acceptors (Lipinski definition) is 9. The second-order valence-corrected chi connectivity index (χ2v) is 16.6. The van der Waals surface area contributed by atoms with Crippen LogP contribution in [0.25, 0.3) is 0 Å². The molecule has 11 heteroatoms. The van der Waals surface area contributed by atoms with E-state index in [0.29, 0.717) is 43.1 Å². The van der Waals surface area contributed by atoms with Gasteiger partial charge in [-0.05, 0) is 77.0 Å². The second-order valence-electron chi connectivity index (χ2n) is 15.2. The highest BCUT2D eigenvalue weighted by molar-refractivity contribution is 7.45. The molecule has 0 saturated carbocycles. The van der Waals surface area contributed by atoms with Crippen LogP contribution >= 0.6 is 7.82 Å². The third-order valence-corrected chi connectivity index (χ3v) is 9.44. The van der Waals surface area contributed by atoms with Crippen molar-refractivity contribution in [1.82, 2.24) is 0 Å². The van der Waals surface area contributed by atoms with Crippen LogP contribution in [-0.2, 0) is 32.7 Å². The van der Waals surface area contributed by atoms with Crippen LogP contribution < -0.4 is 4.89 Å². The quantitative estimate of drug-likeness (QED) is 0.0162. The number of quaternary nitrogens is 1. The molecule has 0 radical (unpaired) electrons. The molecule has 0 saturated heterocycles. The number of likely N-dealkylation sites (N-methyl/N-ethyl adjacent to an activating group) is 1. The summed E-state index contributed by atoms with van der Waals surface area (Å²) < 4.78 is 33.7. The summed E-state index contributed by atoms with van der Waals surface area (Å²) in [6.07, 6.45) is 43.6. The van der Waals surface area contributed by atoms with E-state index >= 15 is 0 Å². The van der Waals surface area contributed by atoms with Crippen molar-refractivity contribution in [3.63, 3.8) is 0 Å². The number of ether oxygens (including phenoxy) is 2. The molecular formula is C46H78NO9P. The Hall–Kier alpha value is -2.85. The van der Waals surface area contributed by atoms with Gasteiger partial charge >= 0.3 is 11.9 Å². The normalized spacial score (nSPS) is 15.0. The maximum Gasteiger partial charge on any atom is 0.306 e. The Bertz CT molecular complexity index is 1260. The van der Waals surface area contributed by atoms with Crippen molar-refractivity contribution < 1.29 is 47.2 Å². The standard InChI is InChI=1S/C46H78NO9P/c1-6-8-10-12-14-15-16-17-18-19-20-21-25-29-33-37-45(49)53-41-44(42-55-57(51,52)54-40-39-47(3,4)5)56-46(50)38-34-30-26-23-22-24-28-32-36-43(48)35-31-27-13-11-9-7-2/h8,10,14-15,17-18,23-24,26-28,31-32,36,43-44,48H,6-7,9,11-13,16,19-22,25,29-30,33-35,37-42H2,1-5H3/b10-8-,15-14-,18-17-,26-23-,28-24-,31-27-,36-32+/t43-,44+/m0/s1. The van der Waals surface area contributed by atoms with E-state index in [1.54, 1.807) is 6.08 Å². The van der Waals surface area contributed by atoms with Gasteiger partial charge in [0.25, 0.3) is 7.82 Å². The van der Waals surface area contributed by atoms with Gasteiger partial charge in [-0.2, -0.15) is 0 Å². The minimum Gasteiger partial charge on any atom is -0.756 e. The lowest BCUT2D eigenvalue weighted by Crippen LogP contribution is -2.37. The van der Waals surface area contributed by atoms with Gasteiger partial charge in [-0.1, -0.05) is 131 Å². The summed E-state index contributed by atoms with van der Waals surface area (Å²) in [5, 5.41) is 10.0. The minimum absolute atomic E-state index is 0.0598. The Morgan fingerprint density at radius 1 is 0.667 bits per heavy atom. The molecule has 3 atom stereocenters. The Kier molecular flexibility index (Phi) is 35.6. The van der Waals surface area contributed by atoms with E-state index in [-0.39, 0.29) is 26.1 Å². The average Bonchev–Trinajstić information content (AvgIpc) is 3.15. The predicted molar refractivity (Wildman–Crippen MR) is 232 cm³/mol. The minimum atomic E-state index is -4.66. The van der Waals surface area contributed by atoms with Crippen LogP contribution in [0, 0.1) is 0 Å². The van der Waals surface area contributed by atoms with Crippen LogP contribution in [0.3, 0.4) is 0 Å². The lowest BCUT2D eigenvalue weighted by atomic mass is 10.1. The molecule has 0 aromatic heterocycles. The summed E-state index contributed by atoms with van der Waals surface area (Å²) in [5.74, 6) is -0.969.